The van der Waals surface area contributed by atoms with E-state index in [9.17, 15) is 0 Å². The number of methoxy groups -OCH3 is 1. The Morgan fingerprint density at radius 1 is 1.57 bits per heavy atom. The maximum atomic E-state index is 5.12. The highest BCUT2D eigenvalue weighted by atomic mass is 16.5. The summed E-state index contributed by atoms with van der Waals surface area (Å²) >= 11 is 0. The molecule has 1 fully saturated rings. The average Bonchev–Trinajstić information content (AvgIpc) is 2.71. The lowest BCUT2D eigenvalue weighted by Crippen LogP contribution is -2.21. The van der Waals surface area contributed by atoms with Gasteiger partial charge >= 0.3 is 0 Å². The summed E-state index contributed by atoms with van der Waals surface area (Å²) in [4.78, 5) is 6.47. The van der Waals surface area contributed by atoms with Crippen LogP contribution in [0, 0.1) is 0 Å². The first-order valence-electron chi connectivity index (χ1n) is 4.79. The normalized spacial score (nSPS) is 17.2. The molecule has 0 bridgehead atoms. The molecule has 1 aromatic rings. The van der Waals surface area contributed by atoms with Gasteiger partial charge in [-0.25, -0.2) is 0 Å². The van der Waals surface area contributed by atoms with Crippen LogP contribution in [0.2, 0.25) is 0 Å². The molecule has 0 spiro atoms. The lowest BCUT2D eigenvalue weighted by molar-refractivity contribution is 0.326. The molecule has 0 radical (unpaired) electrons. The molecule has 0 unspecified atom stereocenters. The van der Waals surface area contributed by atoms with Crippen LogP contribution in [0.3, 0.4) is 0 Å². The predicted molar refractivity (Wildman–Crippen MR) is 54.1 cm³/mol. The number of rotatable bonds is 3. The van der Waals surface area contributed by atoms with E-state index in [-0.39, 0.29) is 0 Å². The molecule has 0 aliphatic carbocycles. The molecular weight excluding hydrogens is 178 g/mol. The van der Waals surface area contributed by atoms with Crippen LogP contribution >= 0.6 is 0 Å². The van der Waals surface area contributed by atoms with Gasteiger partial charge in [-0.1, -0.05) is 0 Å². The second-order valence-electron chi connectivity index (χ2n) is 3.44. The molecule has 1 aliphatic rings. The molecule has 4 heteroatoms. The maximum Gasteiger partial charge on any atom is 0.137 e. The van der Waals surface area contributed by atoms with Gasteiger partial charge in [-0.05, 0) is 11.6 Å². The molecule has 1 aromatic heterocycles. The van der Waals surface area contributed by atoms with Crippen molar-refractivity contribution in [3.05, 3.63) is 24.0 Å². The molecule has 76 valence electrons. The number of pyridine rings is 1. The summed E-state index contributed by atoms with van der Waals surface area (Å²) in [5, 5.41) is 3.30. The van der Waals surface area contributed by atoms with Crippen LogP contribution in [0.15, 0.2) is 18.5 Å². The summed E-state index contributed by atoms with van der Waals surface area (Å²) in [5.41, 5.74) is 1.20. The van der Waals surface area contributed by atoms with Crippen LogP contribution in [0.4, 0.5) is 0 Å². The smallest absolute Gasteiger partial charge is 0.137 e. The SMILES string of the molecule is COc1cncc(CN2CCNC2)c1. The van der Waals surface area contributed by atoms with Crippen LogP contribution in [0.1, 0.15) is 5.56 Å². The first-order valence-corrected chi connectivity index (χ1v) is 4.79. The van der Waals surface area contributed by atoms with Crippen LogP contribution in [0.5, 0.6) is 5.75 Å². The first kappa shape index (κ1) is 9.43. The van der Waals surface area contributed by atoms with E-state index in [4.69, 9.17) is 4.74 Å². The number of nitrogens with zero attached hydrogens (tertiary/aromatic N) is 2. The Morgan fingerprint density at radius 2 is 2.50 bits per heavy atom. The van der Waals surface area contributed by atoms with E-state index < -0.39 is 0 Å². The largest absolute Gasteiger partial charge is 0.495 e. The number of nitrogens with one attached hydrogen (secondary N) is 1. The Kier molecular flexibility index (Phi) is 2.96. The van der Waals surface area contributed by atoms with E-state index in [1.54, 1.807) is 13.3 Å². The Labute approximate surface area is 83.9 Å². The third-order valence-electron chi connectivity index (χ3n) is 2.35. The highest BCUT2D eigenvalue weighted by Gasteiger charge is 2.11. The fraction of sp³-hybridized carbons (Fsp3) is 0.500. The molecule has 0 saturated carbocycles. The molecule has 1 aliphatic heterocycles. The second kappa shape index (κ2) is 4.39. The quantitative estimate of drug-likeness (QED) is 0.756. The Balaban J connectivity index is 2.00. The van der Waals surface area contributed by atoms with E-state index in [0.29, 0.717) is 0 Å². The minimum Gasteiger partial charge on any atom is -0.495 e. The minimum absolute atomic E-state index is 0.828. The van der Waals surface area contributed by atoms with Gasteiger partial charge in [-0.15, -0.1) is 0 Å². The molecule has 14 heavy (non-hydrogen) atoms. The lowest BCUT2D eigenvalue weighted by atomic mass is 10.2. The minimum atomic E-state index is 0.828. The number of hydrogen-bond donors (Lipinski definition) is 1. The molecule has 0 aromatic carbocycles. The predicted octanol–water partition coefficient (Wildman–Crippen LogP) is 0.453. The molecule has 1 saturated heterocycles. The molecule has 4 nitrogen and oxygen atoms in total. The van der Waals surface area contributed by atoms with E-state index in [0.717, 1.165) is 32.1 Å². The van der Waals surface area contributed by atoms with Crippen molar-refractivity contribution in [3.63, 3.8) is 0 Å². The van der Waals surface area contributed by atoms with Crippen molar-refractivity contribution in [2.24, 2.45) is 0 Å². The van der Waals surface area contributed by atoms with Crippen molar-refractivity contribution < 1.29 is 4.74 Å². The molecular formula is C10H15N3O. The fourth-order valence-electron chi connectivity index (χ4n) is 1.61. The Bertz CT molecular complexity index is 297. The van der Waals surface area contributed by atoms with E-state index >= 15 is 0 Å². The maximum absolute atomic E-state index is 5.12. The van der Waals surface area contributed by atoms with Crippen molar-refractivity contribution in [2.45, 2.75) is 6.54 Å². The van der Waals surface area contributed by atoms with Gasteiger partial charge in [0.25, 0.3) is 0 Å². The number of aromatic nitrogens is 1. The van der Waals surface area contributed by atoms with Gasteiger partial charge in [0.2, 0.25) is 0 Å². The van der Waals surface area contributed by atoms with Crippen LogP contribution in [0.25, 0.3) is 0 Å². The summed E-state index contributed by atoms with van der Waals surface area (Å²) < 4.78 is 5.12. The van der Waals surface area contributed by atoms with Gasteiger partial charge in [-0.3, -0.25) is 9.88 Å². The van der Waals surface area contributed by atoms with E-state index in [2.05, 4.69) is 15.2 Å². The van der Waals surface area contributed by atoms with Crippen molar-refractivity contribution in [3.8, 4) is 5.75 Å². The first-order chi connectivity index (χ1) is 6.88. The molecule has 2 heterocycles. The van der Waals surface area contributed by atoms with Gasteiger partial charge in [0.05, 0.1) is 13.3 Å². The van der Waals surface area contributed by atoms with Crippen molar-refractivity contribution >= 4 is 0 Å². The lowest BCUT2D eigenvalue weighted by Gasteiger charge is -2.13. The van der Waals surface area contributed by atoms with Crippen molar-refractivity contribution in [1.82, 2.24) is 15.2 Å². The highest BCUT2D eigenvalue weighted by molar-refractivity contribution is 5.23. The zero-order valence-electron chi connectivity index (χ0n) is 8.36. The summed E-state index contributed by atoms with van der Waals surface area (Å²) in [6.07, 6.45) is 3.62. The van der Waals surface area contributed by atoms with E-state index in [1.165, 1.54) is 5.56 Å². The van der Waals surface area contributed by atoms with Gasteiger partial charge in [-0.2, -0.15) is 0 Å². The molecule has 0 amide bonds. The Morgan fingerprint density at radius 3 is 3.21 bits per heavy atom. The molecule has 0 atom stereocenters. The number of ether oxygens (including phenoxy) is 1. The monoisotopic (exact) mass is 193 g/mol. The Hall–Kier alpha value is -1.13. The zero-order chi connectivity index (χ0) is 9.80. The fourth-order valence-corrected chi connectivity index (χ4v) is 1.61. The van der Waals surface area contributed by atoms with E-state index in [1.807, 2.05) is 12.3 Å². The highest BCUT2D eigenvalue weighted by Crippen LogP contribution is 2.12. The van der Waals surface area contributed by atoms with Gasteiger partial charge in [0.15, 0.2) is 0 Å². The molecule has 2 rings (SSSR count). The van der Waals surface area contributed by atoms with Crippen LogP contribution in [-0.4, -0.2) is 36.8 Å². The summed E-state index contributed by atoms with van der Waals surface area (Å²) in [6.45, 7) is 4.10. The van der Waals surface area contributed by atoms with Gasteiger partial charge in [0, 0.05) is 32.5 Å². The summed E-state index contributed by atoms with van der Waals surface area (Å²) in [7, 11) is 1.66. The topological polar surface area (TPSA) is 37.4 Å². The molecule has 1 N–H and O–H groups in total. The number of hydrogen-bond acceptors (Lipinski definition) is 4. The average molecular weight is 193 g/mol. The summed E-state index contributed by atoms with van der Waals surface area (Å²) in [5.74, 6) is 0.828. The van der Waals surface area contributed by atoms with Crippen molar-refractivity contribution in [1.29, 1.82) is 0 Å². The standard InChI is InChI=1S/C10H15N3O/c1-14-10-4-9(5-12-6-10)7-13-3-2-11-8-13/h4-6,11H,2-3,7-8H2,1H3. The second-order valence-corrected chi connectivity index (χ2v) is 3.44. The van der Waals surface area contributed by atoms with Crippen molar-refractivity contribution in [2.75, 3.05) is 26.9 Å². The third kappa shape index (κ3) is 2.21. The van der Waals surface area contributed by atoms with Crippen LogP contribution in [-0.2, 0) is 6.54 Å². The third-order valence-corrected chi connectivity index (χ3v) is 2.35. The van der Waals surface area contributed by atoms with Gasteiger partial charge < -0.3 is 10.1 Å². The van der Waals surface area contributed by atoms with Gasteiger partial charge in [0.1, 0.15) is 5.75 Å². The van der Waals surface area contributed by atoms with Crippen LogP contribution < -0.4 is 10.1 Å². The zero-order valence-corrected chi connectivity index (χ0v) is 8.36. The summed E-state index contributed by atoms with van der Waals surface area (Å²) in [6, 6.07) is 2.03.